The molecule has 2 aliphatic rings. The topological polar surface area (TPSA) is 63.1 Å². The molecule has 1 saturated carbocycles. The Morgan fingerprint density at radius 2 is 1.92 bits per heavy atom. The summed E-state index contributed by atoms with van der Waals surface area (Å²) in [5.41, 5.74) is 2.98. The molecule has 2 aromatic heterocycles. The maximum atomic E-state index is 12.4. The van der Waals surface area contributed by atoms with Crippen LogP contribution in [0.1, 0.15) is 47.8 Å². The molecule has 2 fully saturated rings. The zero-order chi connectivity index (χ0) is 17.2. The second-order valence-electron chi connectivity index (χ2n) is 7.20. The van der Waals surface area contributed by atoms with Crippen molar-refractivity contribution in [2.45, 2.75) is 31.6 Å². The SMILES string of the molecule is Cn1nc(C(=O)NCC2CCN(c3ccncc3)CC2)cc1C1CC1. The summed E-state index contributed by atoms with van der Waals surface area (Å²) in [5.74, 6) is 1.10. The minimum absolute atomic E-state index is 0.0425. The fourth-order valence-electron chi connectivity index (χ4n) is 3.63. The van der Waals surface area contributed by atoms with Crippen molar-refractivity contribution in [3.63, 3.8) is 0 Å². The monoisotopic (exact) mass is 339 g/mol. The van der Waals surface area contributed by atoms with Gasteiger partial charge in [0.25, 0.3) is 5.91 Å². The van der Waals surface area contributed by atoms with Crippen molar-refractivity contribution in [2.75, 3.05) is 24.5 Å². The molecule has 0 bridgehead atoms. The first-order chi connectivity index (χ1) is 12.2. The van der Waals surface area contributed by atoms with Crippen molar-refractivity contribution in [2.24, 2.45) is 13.0 Å². The number of pyridine rings is 1. The van der Waals surface area contributed by atoms with E-state index in [4.69, 9.17) is 0 Å². The van der Waals surface area contributed by atoms with Crippen LogP contribution in [0, 0.1) is 5.92 Å². The third kappa shape index (κ3) is 3.67. The smallest absolute Gasteiger partial charge is 0.271 e. The van der Waals surface area contributed by atoms with Crippen molar-refractivity contribution in [1.29, 1.82) is 0 Å². The van der Waals surface area contributed by atoms with Gasteiger partial charge in [0, 0.05) is 56.4 Å². The van der Waals surface area contributed by atoms with Gasteiger partial charge in [0.1, 0.15) is 5.69 Å². The highest BCUT2D eigenvalue weighted by molar-refractivity contribution is 5.92. The van der Waals surface area contributed by atoms with Gasteiger partial charge in [-0.05, 0) is 49.8 Å². The van der Waals surface area contributed by atoms with Crippen LogP contribution >= 0.6 is 0 Å². The van der Waals surface area contributed by atoms with Crippen LogP contribution in [0.2, 0.25) is 0 Å². The second kappa shape index (κ2) is 6.86. The van der Waals surface area contributed by atoms with Gasteiger partial charge in [-0.15, -0.1) is 0 Å². The lowest BCUT2D eigenvalue weighted by Gasteiger charge is -2.33. The normalized spacial score (nSPS) is 18.4. The number of carbonyl (C=O) groups is 1. The standard InChI is InChI=1S/C19H25N5O/c1-23-18(15-2-3-15)12-17(22-23)19(25)21-13-14-6-10-24(11-7-14)16-4-8-20-9-5-16/h4-5,8-9,12,14-15H,2-3,6-7,10-11,13H2,1H3,(H,21,25). The fourth-order valence-corrected chi connectivity index (χ4v) is 3.63. The van der Waals surface area contributed by atoms with Gasteiger partial charge >= 0.3 is 0 Å². The average Bonchev–Trinajstić information content (AvgIpc) is 3.42. The number of hydrogen-bond acceptors (Lipinski definition) is 4. The minimum atomic E-state index is -0.0425. The summed E-state index contributed by atoms with van der Waals surface area (Å²) < 4.78 is 1.86. The highest BCUT2D eigenvalue weighted by Gasteiger charge is 2.28. The molecule has 0 radical (unpaired) electrons. The van der Waals surface area contributed by atoms with E-state index in [1.54, 1.807) is 0 Å². The lowest BCUT2D eigenvalue weighted by Crippen LogP contribution is -2.38. The predicted octanol–water partition coefficient (Wildman–Crippen LogP) is 2.34. The van der Waals surface area contributed by atoms with Gasteiger partial charge in [-0.25, -0.2) is 0 Å². The van der Waals surface area contributed by atoms with Crippen LogP contribution < -0.4 is 10.2 Å². The molecular weight excluding hydrogens is 314 g/mol. The molecule has 1 aliphatic heterocycles. The van der Waals surface area contributed by atoms with Crippen LogP contribution in [0.25, 0.3) is 0 Å². The average molecular weight is 339 g/mol. The summed E-state index contributed by atoms with van der Waals surface area (Å²) in [6, 6.07) is 6.07. The number of anilines is 1. The first-order valence-corrected chi connectivity index (χ1v) is 9.18. The molecule has 3 heterocycles. The molecule has 4 rings (SSSR count). The number of rotatable bonds is 5. The number of aryl methyl sites for hydroxylation is 1. The fraction of sp³-hybridized carbons (Fsp3) is 0.526. The molecule has 0 unspecified atom stereocenters. The van der Waals surface area contributed by atoms with Crippen LogP contribution in [0.3, 0.4) is 0 Å². The van der Waals surface area contributed by atoms with Gasteiger partial charge in [-0.2, -0.15) is 5.10 Å². The van der Waals surface area contributed by atoms with E-state index >= 15 is 0 Å². The lowest BCUT2D eigenvalue weighted by molar-refractivity contribution is 0.0939. The first kappa shape index (κ1) is 16.1. The number of hydrogen-bond donors (Lipinski definition) is 1. The summed E-state index contributed by atoms with van der Waals surface area (Å²) in [6.07, 6.45) is 8.30. The van der Waals surface area contributed by atoms with Crippen LogP contribution in [0.4, 0.5) is 5.69 Å². The first-order valence-electron chi connectivity index (χ1n) is 9.18. The zero-order valence-corrected chi connectivity index (χ0v) is 14.7. The highest BCUT2D eigenvalue weighted by Crippen LogP contribution is 2.39. The molecule has 25 heavy (non-hydrogen) atoms. The number of carbonyl (C=O) groups excluding carboxylic acids is 1. The Hall–Kier alpha value is -2.37. The summed E-state index contributed by atoms with van der Waals surface area (Å²) >= 11 is 0. The molecule has 1 amide bonds. The van der Waals surface area contributed by atoms with Gasteiger partial charge in [0.2, 0.25) is 0 Å². The number of aromatic nitrogens is 3. The van der Waals surface area contributed by atoms with Crippen LogP contribution in [-0.4, -0.2) is 40.3 Å². The van der Waals surface area contributed by atoms with E-state index < -0.39 is 0 Å². The van der Waals surface area contributed by atoms with Gasteiger partial charge in [-0.3, -0.25) is 14.5 Å². The van der Waals surface area contributed by atoms with Gasteiger partial charge in [0.15, 0.2) is 0 Å². The van der Waals surface area contributed by atoms with Crippen molar-refractivity contribution in [3.8, 4) is 0 Å². The Labute approximate surface area is 148 Å². The maximum absolute atomic E-state index is 12.4. The Morgan fingerprint density at radius 1 is 1.20 bits per heavy atom. The molecule has 1 N–H and O–H groups in total. The van der Waals surface area contributed by atoms with Crippen LogP contribution in [0.5, 0.6) is 0 Å². The van der Waals surface area contributed by atoms with Gasteiger partial charge < -0.3 is 10.2 Å². The number of nitrogens with zero attached hydrogens (tertiary/aromatic N) is 4. The minimum Gasteiger partial charge on any atom is -0.371 e. The van der Waals surface area contributed by atoms with E-state index in [9.17, 15) is 4.79 Å². The molecule has 0 aromatic carbocycles. The van der Waals surface area contributed by atoms with E-state index in [0.717, 1.165) is 32.5 Å². The summed E-state index contributed by atoms with van der Waals surface area (Å²) in [4.78, 5) is 18.8. The molecular formula is C19H25N5O. The van der Waals surface area contributed by atoms with Crippen molar-refractivity contribution in [1.82, 2.24) is 20.1 Å². The van der Waals surface area contributed by atoms with E-state index in [-0.39, 0.29) is 5.91 Å². The molecule has 132 valence electrons. The summed E-state index contributed by atoms with van der Waals surface area (Å²) in [6.45, 7) is 2.79. The Bertz CT molecular complexity index is 730. The Kier molecular flexibility index (Phi) is 4.42. The number of piperidine rings is 1. The third-order valence-electron chi connectivity index (χ3n) is 5.34. The van der Waals surface area contributed by atoms with Crippen molar-refractivity contribution >= 4 is 11.6 Å². The van der Waals surface area contributed by atoms with E-state index in [0.29, 0.717) is 17.5 Å². The third-order valence-corrected chi connectivity index (χ3v) is 5.34. The van der Waals surface area contributed by atoms with Crippen molar-refractivity contribution < 1.29 is 4.79 Å². The molecule has 0 atom stereocenters. The van der Waals surface area contributed by atoms with Crippen LogP contribution in [-0.2, 0) is 7.05 Å². The molecule has 2 aromatic rings. The lowest BCUT2D eigenvalue weighted by atomic mass is 9.96. The molecule has 1 aliphatic carbocycles. The molecule has 1 saturated heterocycles. The van der Waals surface area contributed by atoms with Gasteiger partial charge in [-0.1, -0.05) is 0 Å². The van der Waals surface area contributed by atoms with Gasteiger partial charge in [0.05, 0.1) is 0 Å². The summed E-state index contributed by atoms with van der Waals surface area (Å²) in [7, 11) is 1.93. The van der Waals surface area contributed by atoms with E-state index in [1.807, 2.05) is 30.2 Å². The molecule has 6 heteroatoms. The Morgan fingerprint density at radius 3 is 2.60 bits per heavy atom. The molecule has 6 nitrogen and oxygen atoms in total. The largest absolute Gasteiger partial charge is 0.371 e. The predicted molar refractivity (Wildman–Crippen MR) is 96.7 cm³/mol. The Balaban J connectivity index is 1.26. The van der Waals surface area contributed by atoms with Crippen LogP contribution in [0.15, 0.2) is 30.6 Å². The van der Waals surface area contributed by atoms with E-state index in [2.05, 4.69) is 32.4 Å². The summed E-state index contributed by atoms with van der Waals surface area (Å²) in [5, 5.41) is 7.46. The zero-order valence-electron chi connectivity index (χ0n) is 14.7. The van der Waals surface area contributed by atoms with E-state index in [1.165, 1.54) is 24.2 Å². The quantitative estimate of drug-likeness (QED) is 0.908. The highest BCUT2D eigenvalue weighted by atomic mass is 16.1. The number of amides is 1. The van der Waals surface area contributed by atoms with Crippen molar-refractivity contribution in [3.05, 3.63) is 42.0 Å². The second-order valence-corrected chi connectivity index (χ2v) is 7.20. The maximum Gasteiger partial charge on any atom is 0.271 e. The molecule has 0 spiro atoms. The number of nitrogens with one attached hydrogen (secondary N) is 1.